The van der Waals surface area contributed by atoms with Crippen LogP contribution in [0.1, 0.15) is 40.5 Å². The Bertz CT molecular complexity index is 189. The smallest absolute Gasteiger partial charge is 0.0625 e. The molecule has 0 saturated heterocycles. The first-order chi connectivity index (χ1) is 6.94. The monoisotopic (exact) mass is 213 g/mol. The van der Waals surface area contributed by atoms with Gasteiger partial charge in [-0.15, -0.1) is 0 Å². The molecule has 0 radical (unpaired) electrons. The molecule has 1 fully saturated rings. The summed E-state index contributed by atoms with van der Waals surface area (Å²) in [5, 5.41) is 3.54. The van der Waals surface area contributed by atoms with Crippen molar-refractivity contribution in [2.45, 2.75) is 46.1 Å². The summed E-state index contributed by atoms with van der Waals surface area (Å²) in [6, 6.07) is 0. The van der Waals surface area contributed by atoms with Crippen LogP contribution < -0.4 is 5.32 Å². The Balaban J connectivity index is 2.08. The molecule has 0 aromatic carbocycles. The lowest BCUT2D eigenvalue weighted by Crippen LogP contribution is -2.25. The molecule has 2 atom stereocenters. The van der Waals surface area contributed by atoms with E-state index in [-0.39, 0.29) is 5.60 Å². The van der Waals surface area contributed by atoms with E-state index in [2.05, 4.69) is 33.0 Å². The van der Waals surface area contributed by atoms with Gasteiger partial charge < -0.3 is 10.1 Å². The predicted octanol–water partition coefficient (Wildman–Crippen LogP) is 2.68. The van der Waals surface area contributed by atoms with Gasteiger partial charge >= 0.3 is 0 Å². The third-order valence-corrected chi connectivity index (χ3v) is 3.33. The predicted molar refractivity (Wildman–Crippen MR) is 65.0 cm³/mol. The van der Waals surface area contributed by atoms with Crippen LogP contribution >= 0.6 is 0 Å². The summed E-state index contributed by atoms with van der Waals surface area (Å²) in [5.74, 6) is 2.55. The normalized spacial score (nSPS) is 26.0. The average Bonchev–Trinajstić information content (AvgIpc) is 2.82. The van der Waals surface area contributed by atoms with Crippen molar-refractivity contribution in [3.63, 3.8) is 0 Å². The van der Waals surface area contributed by atoms with E-state index in [4.69, 9.17) is 4.74 Å². The van der Waals surface area contributed by atoms with Crippen LogP contribution in [0.15, 0.2) is 0 Å². The summed E-state index contributed by atoms with van der Waals surface area (Å²) in [7, 11) is 1.81. The van der Waals surface area contributed by atoms with Crippen molar-refractivity contribution >= 4 is 0 Å². The maximum atomic E-state index is 5.46. The van der Waals surface area contributed by atoms with Crippen LogP contribution in [0.3, 0.4) is 0 Å². The summed E-state index contributed by atoms with van der Waals surface area (Å²) in [6.07, 6.45) is 2.59. The van der Waals surface area contributed by atoms with Gasteiger partial charge in [-0.1, -0.05) is 13.8 Å². The Morgan fingerprint density at radius 2 is 2.00 bits per heavy atom. The van der Waals surface area contributed by atoms with Crippen LogP contribution in [-0.4, -0.2) is 25.8 Å². The molecule has 1 N–H and O–H groups in total. The highest BCUT2D eigenvalue weighted by atomic mass is 16.5. The molecule has 0 spiro atoms. The molecule has 0 bridgehead atoms. The SMILES string of the molecule is COC(C)(C)CC1CC1CNCC(C)C. The minimum Gasteiger partial charge on any atom is -0.379 e. The fraction of sp³-hybridized carbons (Fsp3) is 1.00. The standard InChI is InChI=1S/C13H27NO/c1-10(2)8-14-9-12-6-11(12)7-13(3,4)15-5/h10-12,14H,6-9H2,1-5H3. The Hall–Kier alpha value is -0.0800. The lowest BCUT2D eigenvalue weighted by molar-refractivity contribution is 0.00970. The number of rotatable bonds is 7. The molecule has 15 heavy (non-hydrogen) atoms. The molecule has 2 unspecified atom stereocenters. The zero-order chi connectivity index (χ0) is 11.5. The Kier molecular flexibility index (Phi) is 4.60. The molecule has 2 nitrogen and oxygen atoms in total. The van der Waals surface area contributed by atoms with Crippen molar-refractivity contribution in [2.75, 3.05) is 20.2 Å². The van der Waals surface area contributed by atoms with Gasteiger partial charge in [0, 0.05) is 7.11 Å². The van der Waals surface area contributed by atoms with E-state index in [0.717, 1.165) is 24.3 Å². The van der Waals surface area contributed by atoms with Crippen LogP contribution in [0.2, 0.25) is 0 Å². The highest BCUT2D eigenvalue weighted by Crippen LogP contribution is 2.44. The van der Waals surface area contributed by atoms with Gasteiger partial charge in [-0.3, -0.25) is 0 Å². The molecule has 0 heterocycles. The number of hydrogen-bond donors (Lipinski definition) is 1. The highest BCUT2D eigenvalue weighted by molar-refractivity contribution is 4.91. The van der Waals surface area contributed by atoms with E-state index >= 15 is 0 Å². The molecule has 1 saturated carbocycles. The van der Waals surface area contributed by atoms with Gasteiger partial charge in [-0.05, 0) is 57.5 Å². The second-order valence-electron chi connectivity index (χ2n) is 5.98. The fourth-order valence-corrected chi connectivity index (χ4v) is 2.08. The lowest BCUT2D eigenvalue weighted by Gasteiger charge is -2.22. The first-order valence-corrected chi connectivity index (χ1v) is 6.20. The quantitative estimate of drug-likeness (QED) is 0.702. The molecule has 1 aliphatic rings. The minimum absolute atomic E-state index is 0.0669. The van der Waals surface area contributed by atoms with Crippen molar-refractivity contribution < 1.29 is 4.74 Å². The molecule has 0 amide bonds. The van der Waals surface area contributed by atoms with Crippen molar-refractivity contribution in [2.24, 2.45) is 17.8 Å². The second kappa shape index (κ2) is 5.31. The second-order valence-corrected chi connectivity index (χ2v) is 5.98. The molecule has 0 aromatic heterocycles. The fourth-order valence-electron chi connectivity index (χ4n) is 2.08. The lowest BCUT2D eigenvalue weighted by atomic mass is 10.0. The van der Waals surface area contributed by atoms with E-state index in [0.29, 0.717) is 0 Å². The summed E-state index contributed by atoms with van der Waals surface area (Å²) in [4.78, 5) is 0. The van der Waals surface area contributed by atoms with Gasteiger partial charge in [0.05, 0.1) is 5.60 Å². The van der Waals surface area contributed by atoms with Crippen molar-refractivity contribution in [3.05, 3.63) is 0 Å². The minimum atomic E-state index is 0.0669. The number of ether oxygens (including phenoxy) is 1. The van der Waals surface area contributed by atoms with Crippen LogP contribution in [0.4, 0.5) is 0 Å². The van der Waals surface area contributed by atoms with Gasteiger partial charge in [0.2, 0.25) is 0 Å². The maximum Gasteiger partial charge on any atom is 0.0625 e. The van der Waals surface area contributed by atoms with E-state index in [9.17, 15) is 0 Å². The Morgan fingerprint density at radius 3 is 2.53 bits per heavy atom. The molecule has 0 aromatic rings. The molecular formula is C13H27NO. The summed E-state index contributed by atoms with van der Waals surface area (Å²) < 4.78 is 5.46. The zero-order valence-electron chi connectivity index (χ0n) is 11.0. The van der Waals surface area contributed by atoms with E-state index in [1.807, 2.05) is 7.11 Å². The van der Waals surface area contributed by atoms with Crippen LogP contribution in [0, 0.1) is 17.8 Å². The first-order valence-electron chi connectivity index (χ1n) is 6.20. The van der Waals surface area contributed by atoms with Gasteiger partial charge in [-0.2, -0.15) is 0 Å². The summed E-state index contributed by atoms with van der Waals surface area (Å²) in [5.41, 5.74) is 0.0669. The van der Waals surface area contributed by atoms with Gasteiger partial charge in [0.1, 0.15) is 0 Å². The largest absolute Gasteiger partial charge is 0.379 e. The van der Waals surface area contributed by atoms with Crippen molar-refractivity contribution in [1.82, 2.24) is 5.32 Å². The van der Waals surface area contributed by atoms with Gasteiger partial charge in [0.15, 0.2) is 0 Å². The van der Waals surface area contributed by atoms with Crippen LogP contribution in [0.5, 0.6) is 0 Å². The molecule has 1 aliphatic carbocycles. The van der Waals surface area contributed by atoms with Crippen LogP contribution in [-0.2, 0) is 4.74 Å². The van der Waals surface area contributed by atoms with Gasteiger partial charge in [0.25, 0.3) is 0 Å². The third-order valence-electron chi connectivity index (χ3n) is 3.33. The highest BCUT2D eigenvalue weighted by Gasteiger charge is 2.40. The molecular weight excluding hydrogens is 186 g/mol. The van der Waals surface area contributed by atoms with E-state index < -0.39 is 0 Å². The molecule has 1 rings (SSSR count). The van der Waals surface area contributed by atoms with Crippen molar-refractivity contribution in [3.8, 4) is 0 Å². The van der Waals surface area contributed by atoms with Crippen molar-refractivity contribution in [1.29, 1.82) is 0 Å². The summed E-state index contributed by atoms with van der Waals surface area (Å²) >= 11 is 0. The zero-order valence-corrected chi connectivity index (χ0v) is 11.0. The summed E-state index contributed by atoms with van der Waals surface area (Å²) in [6.45, 7) is 11.2. The Labute approximate surface area is 94.8 Å². The van der Waals surface area contributed by atoms with E-state index in [1.165, 1.54) is 19.4 Å². The average molecular weight is 213 g/mol. The molecule has 0 aliphatic heterocycles. The number of hydrogen-bond acceptors (Lipinski definition) is 2. The maximum absolute atomic E-state index is 5.46. The number of nitrogens with one attached hydrogen (secondary N) is 1. The third kappa shape index (κ3) is 4.98. The number of methoxy groups -OCH3 is 1. The Morgan fingerprint density at radius 1 is 1.33 bits per heavy atom. The molecule has 90 valence electrons. The molecule has 2 heteroatoms. The van der Waals surface area contributed by atoms with Crippen LogP contribution in [0.25, 0.3) is 0 Å². The first kappa shape index (κ1) is 13.0. The van der Waals surface area contributed by atoms with E-state index in [1.54, 1.807) is 0 Å². The van der Waals surface area contributed by atoms with Gasteiger partial charge in [-0.25, -0.2) is 0 Å². The topological polar surface area (TPSA) is 21.3 Å².